The summed E-state index contributed by atoms with van der Waals surface area (Å²) in [4.78, 5) is 8.89. The van der Waals surface area contributed by atoms with E-state index in [1.807, 2.05) is 12.1 Å². The number of nitrogens with one attached hydrogen (secondary N) is 2. The van der Waals surface area contributed by atoms with Gasteiger partial charge in [-0.1, -0.05) is 23.2 Å². The third kappa shape index (κ3) is 5.61. The Hall–Kier alpha value is -2.84. The number of halogens is 3. The fourth-order valence-electron chi connectivity index (χ4n) is 2.62. The summed E-state index contributed by atoms with van der Waals surface area (Å²) in [6.45, 7) is 0.346. The summed E-state index contributed by atoms with van der Waals surface area (Å²) < 4.78 is 0.741. The molecular weight excluding hydrogens is 487 g/mol. The fraction of sp³-hybridized carbons (Fsp3) is 0.143. The second-order valence-corrected chi connectivity index (χ2v) is 7.88. The van der Waals surface area contributed by atoms with Crippen LogP contribution in [-0.2, 0) is 6.42 Å². The van der Waals surface area contributed by atoms with Gasteiger partial charge in [-0.25, -0.2) is 4.99 Å². The van der Waals surface area contributed by atoms with Crippen molar-refractivity contribution in [1.29, 1.82) is 10.5 Å². The van der Waals surface area contributed by atoms with Gasteiger partial charge in [-0.3, -0.25) is 0 Å². The zero-order valence-electron chi connectivity index (χ0n) is 15.6. The Labute approximate surface area is 192 Å². The van der Waals surface area contributed by atoms with Crippen molar-refractivity contribution in [2.24, 2.45) is 9.98 Å². The second kappa shape index (κ2) is 10.3. The van der Waals surface area contributed by atoms with Gasteiger partial charge < -0.3 is 10.6 Å². The molecule has 0 aromatic heterocycles. The second-order valence-electron chi connectivity index (χ2n) is 6.21. The number of nitriles is 2. The number of rotatable bonds is 4. The van der Waals surface area contributed by atoms with Crippen molar-refractivity contribution < 1.29 is 0 Å². The molecule has 3 rings (SSSR count). The largest absolute Gasteiger partial charge is 0.339 e. The summed E-state index contributed by atoms with van der Waals surface area (Å²) in [5.74, 6) is 0.758. The van der Waals surface area contributed by atoms with Crippen LogP contribution in [0.2, 0.25) is 5.02 Å². The SMILES string of the molecule is N#CCCc1cc(Cl)c(NC2=NCC=C(Cl)C(Nc3ccc(C#N)cc3)=N2)c(Br)c1. The molecule has 0 aliphatic carbocycles. The lowest BCUT2D eigenvalue weighted by molar-refractivity contribution is 1.01. The van der Waals surface area contributed by atoms with Gasteiger partial charge in [0.1, 0.15) is 0 Å². The van der Waals surface area contributed by atoms with Crippen LogP contribution in [0.4, 0.5) is 11.4 Å². The van der Waals surface area contributed by atoms with Crippen molar-refractivity contribution in [3.05, 3.63) is 68.1 Å². The van der Waals surface area contributed by atoms with E-state index in [0.29, 0.717) is 52.5 Å². The molecule has 150 valence electrons. The van der Waals surface area contributed by atoms with Gasteiger partial charge in [0.05, 0.1) is 40.0 Å². The summed E-state index contributed by atoms with van der Waals surface area (Å²) in [7, 11) is 0. The van der Waals surface area contributed by atoms with E-state index in [1.54, 1.807) is 30.3 Å². The van der Waals surface area contributed by atoms with Crippen molar-refractivity contribution in [2.45, 2.75) is 12.8 Å². The molecule has 0 radical (unpaired) electrons. The molecule has 2 aromatic carbocycles. The molecule has 0 atom stereocenters. The number of hydrogen-bond acceptors (Lipinski definition) is 6. The Morgan fingerprint density at radius 2 is 1.87 bits per heavy atom. The Bertz CT molecular complexity index is 1100. The Balaban J connectivity index is 1.83. The lowest BCUT2D eigenvalue weighted by Gasteiger charge is -2.13. The zero-order valence-corrected chi connectivity index (χ0v) is 18.7. The summed E-state index contributed by atoms with van der Waals surface area (Å²) >= 11 is 16.3. The highest BCUT2D eigenvalue weighted by Gasteiger charge is 2.14. The van der Waals surface area contributed by atoms with Gasteiger partial charge in [-0.15, -0.1) is 0 Å². The highest BCUT2D eigenvalue weighted by molar-refractivity contribution is 9.10. The predicted octanol–water partition coefficient (Wildman–Crippen LogP) is 5.85. The first-order chi connectivity index (χ1) is 14.5. The van der Waals surface area contributed by atoms with Crippen molar-refractivity contribution in [3.8, 4) is 12.1 Å². The van der Waals surface area contributed by atoms with Gasteiger partial charge in [0.2, 0.25) is 5.96 Å². The van der Waals surface area contributed by atoms with Crippen molar-refractivity contribution in [2.75, 3.05) is 17.2 Å². The van der Waals surface area contributed by atoms with Crippen LogP contribution in [0.25, 0.3) is 0 Å². The average Bonchev–Trinajstić information content (AvgIpc) is 2.91. The molecular formula is C21H15BrCl2N6. The summed E-state index contributed by atoms with van der Waals surface area (Å²) in [5.41, 5.74) is 2.88. The number of hydrogen-bond donors (Lipinski definition) is 2. The molecule has 0 fully saturated rings. The fourth-order valence-corrected chi connectivity index (χ4v) is 3.79. The first-order valence-electron chi connectivity index (χ1n) is 8.88. The molecule has 6 nitrogen and oxygen atoms in total. The molecule has 30 heavy (non-hydrogen) atoms. The number of aryl methyl sites for hydroxylation is 1. The first kappa shape index (κ1) is 21.9. The minimum absolute atomic E-state index is 0.338. The van der Waals surface area contributed by atoms with Crippen LogP contribution in [0.5, 0.6) is 0 Å². The molecule has 0 spiro atoms. The lowest BCUT2D eigenvalue weighted by Crippen LogP contribution is -2.18. The van der Waals surface area contributed by atoms with Crippen LogP contribution in [-0.4, -0.2) is 18.3 Å². The van der Waals surface area contributed by atoms with Gasteiger partial charge in [0.15, 0.2) is 5.84 Å². The van der Waals surface area contributed by atoms with Gasteiger partial charge in [0, 0.05) is 16.6 Å². The van der Waals surface area contributed by atoms with Crippen LogP contribution in [0.15, 0.2) is 62.0 Å². The van der Waals surface area contributed by atoms with E-state index in [-0.39, 0.29) is 0 Å². The maximum absolute atomic E-state index is 8.93. The molecule has 0 amide bonds. The number of anilines is 2. The highest BCUT2D eigenvalue weighted by atomic mass is 79.9. The van der Waals surface area contributed by atoms with E-state index in [1.165, 1.54) is 0 Å². The number of guanidine groups is 1. The molecule has 0 unspecified atom stereocenters. The highest BCUT2D eigenvalue weighted by Crippen LogP contribution is 2.33. The third-order valence-electron chi connectivity index (χ3n) is 4.10. The van der Waals surface area contributed by atoms with Crippen molar-refractivity contribution >= 4 is 62.3 Å². The predicted molar refractivity (Wildman–Crippen MR) is 125 cm³/mol. The number of benzene rings is 2. The van der Waals surface area contributed by atoms with Gasteiger partial charge in [0.25, 0.3) is 0 Å². The molecule has 1 aliphatic heterocycles. The van der Waals surface area contributed by atoms with Crippen molar-refractivity contribution in [1.82, 2.24) is 0 Å². The number of nitrogens with zero attached hydrogens (tertiary/aromatic N) is 4. The summed E-state index contributed by atoms with van der Waals surface area (Å²) in [5, 5.41) is 24.9. The third-order valence-corrected chi connectivity index (χ3v) is 5.35. The monoisotopic (exact) mass is 500 g/mol. The number of amidine groups is 1. The Morgan fingerprint density at radius 1 is 1.10 bits per heavy atom. The molecule has 0 saturated carbocycles. The summed E-state index contributed by atoms with van der Waals surface area (Å²) in [6, 6.07) is 14.9. The van der Waals surface area contributed by atoms with E-state index in [9.17, 15) is 0 Å². The molecule has 2 N–H and O–H groups in total. The van der Waals surface area contributed by atoms with Crippen LogP contribution in [0.1, 0.15) is 17.5 Å². The van der Waals surface area contributed by atoms with Crippen LogP contribution in [0.3, 0.4) is 0 Å². The minimum atomic E-state index is 0.338. The van der Waals surface area contributed by atoms with Gasteiger partial charge >= 0.3 is 0 Å². The van der Waals surface area contributed by atoms with Gasteiger partial charge in [-0.2, -0.15) is 15.5 Å². The first-order valence-corrected chi connectivity index (χ1v) is 10.4. The molecule has 0 saturated heterocycles. The van der Waals surface area contributed by atoms with E-state index in [2.05, 4.69) is 48.7 Å². The molecule has 0 bridgehead atoms. The molecule has 2 aromatic rings. The summed E-state index contributed by atoms with van der Waals surface area (Å²) in [6.07, 6.45) is 2.78. The topological polar surface area (TPSA) is 96.4 Å². The minimum Gasteiger partial charge on any atom is -0.339 e. The van der Waals surface area contributed by atoms with Crippen molar-refractivity contribution in [3.63, 3.8) is 0 Å². The Morgan fingerprint density at radius 3 is 2.53 bits per heavy atom. The van der Waals surface area contributed by atoms with Gasteiger partial charge in [-0.05, 0) is 70.4 Å². The molecule has 1 aliphatic rings. The van der Waals surface area contributed by atoms with E-state index >= 15 is 0 Å². The quantitative estimate of drug-likeness (QED) is 0.549. The van der Waals surface area contributed by atoms with Crippen LogP contribution >= 0.6 is 39.1 Å². The lowest BCUT2D eigenvalue weighted by atomic mass is 10.1. The van der Waals surface area contributed by atoms with E-state index < -0.39 is 0 Å². The van der Waals surface area contributed by atoms with Crippen LogP contribution in [0, 0.1) is 22.7 Å². The van der Waals surface area contributed by atoms with E-state index in [4.69, 9.17) is 33.7 Å². The maximum atomic E-state index is 8.93. The normalized spacial score (nSPS) is 13.2. The number of aliphatic imine (C=N–C) groups is 2. The van der Waals surface area contributed by atoms with E-state index in [0.717, 1.165) is 15.7 Å². The standard InChI is InChI=1S/C21H15BrCl2N6/c22-16-10-14(2-1-8-25)11-18(24)19(16)29-21-27-9-7-17(23)20(30-21)28-15-5-3-13(12-26)4-6-15/h3-7,10-11H,1-2,9H2,(H2,27,28,29,30). The maximum Gasteiger partial charge on any atom is 0.224 e. The zero-order chi connectivity index (χ0) is 21.5. The average molecular weight is 502 g/mol. The molecule has 1 heterocycles. The van der Waals surface area contributed by atoms with Crippen LogP contribution < -0.4 is 10.6 Å². The molecule has 9 heteroatoms. The smallest absolute Gasteiger partial charge is 0.224 e. The Kier molecular flexibility index (Phi) is 7.48.